The second kappa shape index (κ2) is 9.08. The van der Waals surface area contributed by atoms with E-state index in [2.05, 4.69) is 25.1 Å². The Labute approximate surface area is 208 Å². The van der Waals surface area contributed by atoms with Crippen LogP contribution in [-0.4, -0.2) is 51.5 Å². The summed E-state index contributed by atoms with van der Waals surface area (Å²) in [4.78, 5) is 9.17. The number of halogens is 9. The summed E-state index contributed by atoms with van der Waals surface area (Å²) in [5.74, 6) is -0.930. The summed E-state index contributed by atoms with van der Waals surface area (Å²) in [6.07, 6.45) is -11.7. The summed E-state index contributed by atoms with van der Waals surface area (Å²) >= 11 is 0. The van der Waals surface area contributed by atoms with Crippen molar-refractivity contribution in [1.82, 2.24) is 19.6 Å². The van der Waals surface area contributed by atoms with E-state index in [1.807, 2.05) is 0 Å². The van der Waals surface area contributed by atoms with Crippen LogP contribution in [0.5, 0.6) is 5.75 Å². The third-order valence-electron chi connectivity index (χ3n) is 6.66. The molecule has 7 nitrogen and oxygen atoms in total. The van der Waals surface area contributed by atoms with Gasteiger partial charge in [0, 0.05) is 31.0 Å². The number of hydrogen-bond acceptors (Lipinski definition) is 6. The Morgan fingerprint density at radius 2 is 1.61 bits per heavy atom. The molecule has 0 radical (unpaired) electrons. The number of rotatable bonds is 5. The second-order valence-electron chi connectivity index (χ2n) is 9.22. The minimum Gasteiger partial charge on any atom is -0.480 e. The molecule has 2 fully saturated rings. The van der Waals surface area contributed by atoms with Crippen molar-refractivity contribution < 1.29 is 44.3 Å². The molecule has 206 valence electrons. The van der Waals surface area contributed by atoms with Gasteiger partial charge in [-0.1, -0.05) is 0 Å². The molecule has 0 spiro atoms. The SMILES string of the molecule is FC(F)(F)COc1ccc(C(F)(F)F)n2nc(N[C@@H]3[C@@H]4CC[C@H]3CN(c3ccnc(C(F)(F)F)c3)C4)nc12. The van der Waals surface area contributed by atoms with Gasteiger partial charge in [0.25, 0.3) is 0 Å². The number of pyridine rings is 2. The lowest BCUT2D eigenvalue weighted by molar-refractivity contribution is -0.153. The maximum Gasteiger partial charge on any atom is 0.433 e. The molecule has 3 aromatic rings. The van der Waals surface area contributed by atoms with E-state index in [1.54, 1.807) is 4.90 Å². The average molecular weight is 554 g/mol. The number of alkyl halides is 9. The maximum absolute atomic E-state index is 13.5. The molecule has 2 aliphatic rings. The number of ether oxygens (including phenoxy) is 1. The van der Waals surface area contributed by atoms with Crippen LogP contribution in [0.2, 0.25) is 0 Å². The summed E-state index contributed by atoms with van der Waals surface area (Å²) in [5, 5.41) is 6.87. The molecule has 4 heterocycles. The Morgan fingerprint density at radius 1 is 0.921 bits per heavy atom. The van der Waals surface area contributed by atoms with Crippen molar-refractivity contribution >= 4 is 17.3 Å². The molecule has 38 heavy (non-hydrogen) atoms. The molecule has 0 amide bonds. The summed E-state index contributed by atoms with van der Waals surface area (Å²) in [7, 11) is 0. The van der Waals surface area contributed by atoms with E-state index in [9.17, 15) is 39.5 Å². The maximum atomic E-state index is 13.5. The zero-order chi connectivity index (χ0) is 27.5. The van der Waals surface area contributed by atoms with Gasteiger partial charge in [-0.05, 0) is 48.9 Å². The normalized spacial score (nSPS) is 22.2. The van der Waals surface area contributed by atoms with E-state index >= 15 is 0 Å². The first kappa shape index (κ1) is 26.2. The molecule has 0 aromatic carbocycles. The van der Waals surface area contributed by atoms with Gasteiger partial charge in [-0.25, -0.2) is 4.52 Å². The standard InChI is InChI=1S/C22H19F9N6O/c23-20(24,25)10-38-14-3-4-16(22(29,30)31)37-18(14)34-19(35-37)33-17-11-1-2-12(17)9-36(8-11)13-5-6-32-15(7-13)21(26,27)28/h3-7,11-12,17H,1-2,8-10H2,(H,33,35)/t11-,12+,17-. The first-order valence-electron chi connectivity index (χ1n) is 11.4. The number of nitrogens with one attached hydrogen (secondary N) is 1. The first-order valence-corrected chi connectivity index (χ1v) is 11.4. The smallest absolute Gasteiger partial charge is 0.433 e. The zero-order valence-corrected chi connectivity index (χ0v) is 19.2. The topological polar surface area (TPSA) is 67.6 Å². The van der Waals surface area contributed by atoms with Gasteiger partial charge in [-0.3, -0.25) is 4.98 Å². The van der Waals surface area contributed by atoms with E-state index in [4.69, 9.17) is 0 Å². The predicted octanol–water partition coefficient (Wildman–Crippen LogP) is 5.43. The van der Waals surface area contributed by atoms with E-state index < -0.39 is 47.9 Å². The van der Waals surface area contributed by atoms with E-state index in [1.165, 1.54) is 6.07 Å². The van der Waals surface area contributed by atoms with Gasteiger partial charge >= 0.3 is 18.5 Å². The van der Waals surface area contributed by atoms with Crippen molar-refractivity contribution in [3.05, 3.63) is 41.9 Å². The van der Waals surface area contributed by atoms with Gasteiger partial charge in [-0.2, -0.15) is 44.5 Å². The molecule has 1 aliphatic heterocycles. The summed E-state index contributed by atoms with van der Waals surface area (Å²) in [6, 6.07) is 3.46. The Balaban J connectivity index is 1.38. The molecule has 3 atom stereocenters. The summed E-state index contributed by atoms with van der Waals surface area (Å²) < 4.78 is 123. The van der Waals surface area contributed by atoms with E-state index in [-0.39, 0.29) is 23.8 Å². The van der Waals surface area contributed by atoms with Crippen molar-refractivity contribution in [2.75, 3.05) is 29.9 Å². The fourth-order valence-corrected chi connectivity index (χ4v) is 5.08. The molecule has 3 aromatic heterocycles. The van der Waals surface area contributed by atoms with Crippen LogP contribution >= 0.6 is 0 Å². The van der Waals surface area contributed by atoms with Gasteiger partial charge in [0.1, 0.15) is 11.4 Å². The number of hydrogen-bond donors (Lipinski definition) is 1. The van der Waals surface area contributed by atoms with Gasteiger partial charge < -0.3 is 15.0 Å². The Morgan fingerprint density at radius 3 is 2.21 bits per heavy atom. The third kappa shape index (κ3) is 5.25. The van der Waals surface area contributed by atoms with Crippen molar-refractivity contribution in [3.8, 4) is 5.75 Å². The third-order valence-corrected chi connectivity index (χ3v) is 6.66. The average Bonchev–Trinajstić information content (AvgIpc) is 3.32. The molecule has 2 bridgehead atoms. The van der Waals surface area contributed by atoms with Crippen LogP contribution in [0.15, 0.2) is 30.5 Å². The number of nitrogens with zero attached hydrogens (tertiary/aromatic N) is 5. The molecule has 16 heteroatoms. The lowest BCUT2D eigenvalue weighted by Gasteiger charge is -2.39. The van der Waals surface area contributed by atoms with Crippen molar-refractivity contribution in [1.29, 1.82) is 0 Å². The van der Waals surface area contributed by atoms with Crippen molar-refractivity contribution in [2.24, 2.45) is 11.8 Å². The molecule has 1 N–H and O–H groups in total. The Bertz CT molecular complexity index is 1310. The Hall–Kier alpha value is -3.46. The number of anilines is 2. The van der Waals surface area contributed by atoms with Crippen LogP contribution < -0.4 is 15.0 Å². The van der Waals surface area contributed by atoms with Crippen LogP contribution in [0.4, 0.5) is 51.1 Å². The number of piperidine rings is 1. The lowest BCUT2D eigenvalue weighted by Crippen LogP contribution is -2.48. The number of aromatic nitrogens is 4. The zero-order valence-electron chi connectivity index (χ0n) is 19.2. The van der Waals surface area contributed by atoms with E-state index in [0.717, 1.165) is 18.3 Å². The first-order chi connectivity index (χ1) is 17.7. The van der Waals surface area contributed by atoms with Gasteiger partial charge in [0.2, 0.25) is 5.95 Å². The highest BCUT2D eigenvalue weighted by Crippen LogP contribution is 2.41. The molecule has 5 rings (SSSR count). The predicted molar refractivity (Wildman–Crippen MR) is 115 cm³/mol. The van der Waals surface area contributed by atoms with Gasteiger partial charge in [0.05, 0.1) is 0 Å². The summed E-state index contributed by atoms with van der Waals surface area (Å²) in [5.41, 5.74) is -2.44. The molecular formula is C22H19F9N6O. The minimum atomic E-state index is -4.87. The molecule has 1 saturated carbocycles. The largest absolute Gasteiger partial charge is 0.480 e. The van der Waals surface area contributed by atoms with Gasteiger partial charge in [0.15, 0.2) is 18.0 Å². The lowest BCUT2D eigenvalue weighted by atomic mass is 9.92. The van der Waals surface area contributed by atoms with Crippen LogP contribution in [0, 0.1) is 11.8 Å². The minimum absolute atomic E-state index is 0.0918. The fraction of sp³-hybridized carbons (Fsp3) is 0.500. The number of fused-ring (bicyclic) bond motifs is 3. The van der Waals surface area contributed by atoms with Crippen LogP contribution in [-0.2, 0) is 12.4 Å². The summed E-state index contributed by atoms with van der Waals surface area (Å²) in [6.45, 7) is -0.982. The molecular weight excluding hydrogens is 535 g/mol. The molecule has 1 aliphatic carbocycles. The highest BCUT2D eigenvalue weighted by atomic mass is 19.4. The monoisotopic (exact) mass is 554 g/mol. The van der Waals surface area contributed by atoms with Crippen LogP contribution in [0.1, 0.15) is 24.2 Å². The van der Waals surface area contributed by atoms with Crippen LogP contribution in [0.25, 0.3) is 5.65 Å². The molecule has 0 unspecified atom stereocenters. The van der Waals surface area contributed by atoms with Gasteiger partial charge in [-0.15, -0.1) is 5.10 Å². The molecule has 1 saturated heterocycles. The quantitative estimate of drug-likeness (QED) is 0.425. The highest BCUT2D eigenvalue weighted by Gasteiger charge is 2.43. The fourth-order valence-electron chi connectivity index (χ4n) is 5.08. The Kier molecular flexibility index (Phi) is 6.25. The van der Waals surface area contributed by atoms with Crippen molar-refractivity contribution in [3.63, 3.8) is 0 Å². The van der Waals surface area contributed by atoms with Crippen molar-refractivity contribution in [2.45, 2.75) is 37.4 Å². The van der Waals surface area contributed by atoms with Crippen LogP contribution in [0.3, 0.4) is 0 Å². The van der Waals surface area contributed by atoms with E-state index in [0.29, 0.717) is 42.2 Å². The second-order valence-corrected chi connectivity index (χ2v) is 9.22. The highest BCUT2D eigenvalue weighted by molar-refractivity contribution is 5.57.